The number of hydrogen-bond acceptors (Lipinski definition) is 4. The van der Waals surface area contributed by atoms with Gasteiger partial charge in [0, 0.05) is 6.04 Å². The number of sulfonamides is 1. The summed E-state index contributed by atoms with van der Waals surface area (Å²) in [5, 5.41) is 5.66. The van der Waals surface area contributed by atoms with E-state index >= 15 is 0 Å². The quantitative estimate of drug-likeness (QED) is 0.699. The van der Waals surface area contributed by atoms with Crippen molar-refractivity contribution in [3.8, 4) is 0 Å². The number of hydrogen-bond donors (Lipinski definition) is 3. The third-order valence-corrected chi connectivity index (χ3v) is 4.42. The number of benzene rings is 1. The molecule has 1 aromatic carbocycles. The van der Waals surface area contributed by atoms with Crippen LogP contribution >= 0.6 is 0 Å². The molecule has 1 aromatic rings. The number of carbonyl (C=O) groups is 1. The van der Waals surface area contributed by atoms with Gasteiger partial charge in [0.1, 0.15) is 4.90 Å². The van der Waals surface area contributed by atoms with Crippen LogP contribution < -0.4 is 15.4 Å². The molecule has 0 bridgehead atoms. The molecule has 3 N–H and O–H groups in total. The summed E-state index contributed by atoms with van der Waals surface area (Å²) < 4.78 is 25.9. The van der Waals surface area contributed by atoms with Gasteiger partial charge in [0.25, 0.3) is 0 Å². The fraction of sp³-hybridized carbons (Fsp3) is 0.462. The first-order valence-electron chi connectivity index (χ1n) is 6.46. The van der Waals surface area contributed by atoms with Gasteiger partial charge in [-0.25, -0.2) is 13.1 Å². The van der Waals surface area contributed by atoms with Gasteiger partial charge in [0.2, 0.25) is 15.9 Å². The fourth-order valence-electron chi connectivity index (χ4n) is 1.52. The maximum absolute atomic E-state index is 11.8. The van der Waals surface area contributed by atoms with E-state index in [4.69, 9.17) is 0 Å². The van der Waals surface area contributed by atoms with Crippen LogP contribution in [0.15, 0.2) is 29.2 Å². The highest BCUT2D eigenvalue weighted by Crippen LogP contribution is 2.20. The van der Waals surface area contributed by atoms with E-state index in [0.717, 1.165) is 6.42 Å². The Bertz CT molecular complexity index is 558. The van der Waals surface area contributed by atoms with Crippen LogP contribution in [0.4, 0.5) is 5.69 Å². The van der Waals surface area contributed by atoms with Crippen molar-refractivity contribution in [2.45, 2.75) is 31.2 Å². The van der Waals surface area contributed by atoms with E-state index in [1.165, 1.54) is 13.1 Å². The Morgan fingerprint density at radius 2 is 1.95 bits per heavy atom. The molecule has 0 aromatic heterocycles. The van der Waals surface area contributed by atoms with Gasteiger partial charge >= 0.3 is 0 Å². The molecule has 1 amide bonds. The molecule has 20 heavy (non-hydrogen) atoms. The first kappa shape index (κ1) is 16.6. The van der Waals surface area contributed by atoms with Crippen LogP contribution in [0, 0.1) is 0 Å². The first-order valence-corrected chi connectivity index (χ1v) is 7.94. The van der Waals surface area contributed by atoms with Crippen molar-refractivity contribution in [3.05, 3.63) is 24.3 Å². The summed E-state index contributed by atoms with van der Waals surface area (Å²) in [5.74, 6) is -0.274. The molecule has 0 saturated heterocycles. The molecule has 1 rings (SSSR count). The monoisotopic (exact) mass is 299 g/mol. The molecular weight excluding hydrogens is 278 g/mol. The summed E-state index contributed by atoms with van der Waals surface area (Å²) in [6.45, 7) is 4.14. The Labute approximate surface area is 120 Å². The van der Waals surface area contributed by atoms with Crippen LogP contribution in [0.2, 0.25) is 0 Å². The summed E-state index contributed by atoms with van der Waals surface area (Å²) in [4.78, 5) is 11.9. The molecule has 1 atom stereocenters. The minimum atomic E-state index is -3.60. The van der Waals surface area contributed by atoms with Crippen molar-refractivity contribution in [2.24, 2.45) is 0 Å². The highest BCUT2D eigenvalue weighted by Gasteiger charge is 2.17. The van der Waals surface area contributed by atoms with Gasteiger partial charge in [-0.15, -0.1) is 0 Å². The topological polar surface area (TPSA) is 87.3 Å². The lowest BCUT2D eigenvalue weighted by Gasteiger charge is -2.13. The third kappa shape index (κ3) is 4.59. The number of amides is 1. The van der Waals surface area contributed by atoms with Crippen LogP contribution in [0.3, 0.4) is 0 Å². The lowest BCUT2D eigenvalue weighted by molar-refractivity contribution is -0.115. The van der Waals surface area contributed by atoms with E-state index in [1.54, 1.807) is 18.2 Å². The second-order valence-corrected chi connectivity index (χ2v) is 6.30. The minimum absolute atomic E-state index is 0.0550. The van der Waals surface area contributed by atoms with Gasteiger partial charge in [0.15, 0.2) is 0 Å². The van der Waals surface area contributed by atoms with Crippen LogP contribution in [-0.4, -0.2) is 34.0 Å². The largest absolute Gasteiger partial charge is 0.324 e. The van der Waals surface area contributed by atoms with E-state index < -0.39 is 10.0 Å². The van der Waals surface area contributed by atoms with E-state index in [9.17, 15) is 13.2 Å². The van der Waals surface area contributed by atoms with E-state index in [0.29, 0.717) is 0 Å². The number of rotatable bonds is 7. The zero-order valence-electron chi connectivity index (χ0n) is 11.9. The maximum atomic E-state index is 11.8. The normalized spacial score (nSPS) is 12.9. The van der Waals surface area contributed by atoms with Gasteiger partial charge in [-0.2, -0.15) is 0 Å². The summed E-state index contributed by atoms with van der Waals surface area (Å²) in [6.07, 6.45) is 0.915. The zero-order valence-corrected chi connectivity index (χ0v) is 12.8. The van der Waals surface area contributed by atoms with Crippen LogP contribution in [0.5, 0.6) is 0 Å². The summed E-state index contributed by atoms with van der Waals surface area (Å²) in [5.41, 5.74) is 0.276. The fourth-order valence-corrected chi connectivity index (χ4v) is 2.41. The summed E-state index contributed by atoms with van der Waals surface area (Å²) in [7, 11) is -2.26. The van der Waals surface area contributed by atoms with E-state index in [2.05, 4.69) is 15.4 Å². The Balaban J connectivity index is 2.81. The average Bonchev–Trinajstić information content (AvgIpc) is 2.45. The van der Waals surface area contributed by atoms with Crippen LogP contribution in [0.25, 0.3) is 0 Å². The van der Waals surface area contributed by atoms with E-state index in [1.807, 2.05) is 13.8 Å². The smallest absolute Gasteiger partial charge is 0.242 e. The Morgan fingerprint density at radius 3 is 2.55 bits per heavy atom. The van der Waals surface area contributed by atoms with E-state index in [-0.39, 0.29) is 29.1 Å². The Morgan fingerprint density at radius 1 is 1.30 bits per heavy atom. The molecule has 0 fully saturated rings. The molecule has 0 heterocycles. The molecule has 0 aliphatic rings. The number of anilines is 1. The molecule has 1 unspecified atom stereocenters. The number of para-hydroxylation sites is 1. The molecule has 0 aliphatic heterocycles. The molecule has 0 radical (unpaired) electrons. The number of carbonyl (C=O) groups excluding carboxylic acids is 1. The lowest BCUT2D eigenvalue weighted by atomic mass is 10.2. The average molecular weight is 299 g/mol. The SMILES string of the molecule is CCC(C)NCC(=O)Nc1ccccc1S(=O)(=O)NC. The molecule has 0 saturated carbocycles. The van der Waals surface area contributed by atoms with Crippen LogP contribution in [-0.2, 0) is 14.8 Å². The van der Waals surface area contributed by atoms with Crippen molar-refractivity contribution in [1.82, 2.24) is 10.0 Å². The zero-order chi connectivity index (χ0) is 15.2. The molecular formula is C13H21N3O3S. The Hall–Kier alpha value is -1.44. The molecule has 6 nitrogen and oxygen atoms in total. The van der Waals surface area contributed by atoms with Gasteiger partial charge in [-0.3, -0.25) is 4.79 Å². The second kappa shape index (κ2) is 7.37. The molecule has 0 spiro atoms. The number of nitrogens with one attached hydrogen (secondary N) is 3. The van der Waals surface area contributed by atoms with Crippen molar-refractivity contribution < 1.29 is 13.2 Å². The molecule has 0 aliphatic carbocycles. The predicted octanol–water partition coefficient (Wildman–Crippen LogP) is 0.921. The minimum Gasteiger partial charge on any atom is -0.324 e. The van der Waals surface area contributed by atoms with Gasteiger partial charge in [0.05, 0.1) is 12.2 Å². The third-order valence-electron chi connectivity index (χ3n) is 2.94. The first-order chi connectivity index (χ1) is 9.40. The lowest BCUT2D eigenvalue weighted by Crippen LogP contribution is -2.34. The standard InChI is InChI=1S/C13H21N3O3S/c1-4-10(2)15-9-13(17)16-11-7-5-6-8-12(11)20(18,19)14-3/h5-8,10,14-15H,4,9H2,1-3H3,(H,16,17). The summed E-state index contributed by atoms with van der Waals surface area (Å²) in [6, 6.07) is 6.52. The summed E-state index contributed by atoms with van der Waals surface area (Å²) >= 11 is 0. The predicted molar refractivity (Wildman–Crippen MR) is 79.1 cm³/mol. The van der Waals surface area contributed by atoms with Gasteiger partial charge in [-0.1, -0.05) is 19.1 Å². The Kier molecular flexibility index (Phi) is 6.12. The van der Waals surface area contributed by atoms with Gasteiger partial charge in [-0.05, 0) is 32.5 Å². The highest BCUT2D eigenvalue weighted by molar-refractivity contribution is 7.89. The van der Waals surface area contributed by atoms with Crippen molar-refractivity contribution in [2.75, 3.05) is 18.9 Å². The van der Waals surface area contributed by atoms with Crippen LogP contribution in [0.1, 0.15) is 20.3 Å². The van der Waals surface area contributed by atoms with Crippen molar-refractivity contribution >= 4 is 21.6 Å². The molecule has 7 heteroatoms. The van der Waals surface area contributed by atoms with Crippen molar-refractivity contribution in [1.29, 1.82) is 0 Å². The van der Waals surface area contributed by atoms with Crippen molar-refractivity contribution in [3.63, 3.8) is 0 Å². The molecule has 112 valence electrons. The second-order valence-electron chi connectivity index (χ2n) is 4.44. The van der Waals surface area contributed by atoms with Gasteiger partial charge < -0.3 is 10.6 Å². The maximum Gasteiger partial charge on any atom is 0.242 e. The highest BCUT2D eigenvalue weighted by atomic mass is 32.2.